The quantitative estimate of drug-likeness (QED) is 0.525. The van der Waals surface area contributed by atoms with Gasteiger partial charge in [0.15, 0.2) is 11.2 Å². The van der Waals surface area contributed by atoms with Crippen LogP contribution in [0.15, 0.2) is 0 Å². The van der Waals surface area contributed by atoms with Crippen LogP contribution in [0.2, 0.25) is 0 Å². The maximum atomic E-state index is 12.7. The van der Waals surface area contributed by atoms with Gasteiger partial charge >= 0.3 is 23.9 Å². The summed E-state index contributed by atoms with van der Waals surface area (Å²) < 4.78 is 26.8. The van der Waals surface area contributed by atoms with Crippen molar-refractivity contribution in [3.8, 4) is 0 Å². The van der Waals surface area contributed by atoms with E-state index in [1.165, 1.54) is 27.7 Å². The lowest BCUT2D eigenvalue weighted by Gasteiger charge is -2.65. The molecule has 1 aliphatic rings. The van der Waals surface area contributed by atoms with E-state index in [9.17, 15) is 24.3 Å². The molecule has 1 N–H and O–H groups in total. The fourth-order valence-electron chi connectivity index (χ4n) is 3.82. The zero-order valence-electron chi connectivity index (χ0n) is 17.6. The Morgan fingerprint density at radius 2 is 1.07 bits per heavy atom. The zero-order chi connectivity index (χ0) is 22.3. The van der Waals surface area contributed by atoms with Gasteiger partial charge in [-0.2, -0.15) is 0 Å². The molecule has 10 nitrogen and oxygen atoms in total. The van der Waals surface area contributed by atoms with Gasteiger partial charge < -0.3 is 28.8 Å². The van der Waals surface area contributed by atoms with Gasteiger partial charge in [-0.1, -0.05) is 0 Å². The molecule has 0 unspecified atom stereocenters. The van der Waals surface area contributed by atoms with Crippen molar-refractivity contribution in [2.45, 2.75) is 83.6 Å². The predicted octanol–water partition coefficient (Wildman–Crippen LogP) is 0.622. The number of carbonyl (C=O) groups is 4. The fourth-order valence-corrected chi connectivity index (χ4v) is 3.82. The largest absolute Gasteiger partial charge is 0.467 e. The number of aliphatic hydroxyl groups is 1. The highest BCUT2D eigenvalue weighted by Crippen LogP contribution is 2.58. The van der Waals surface area contributed by atoms with E-state index in [4.69, 9.17) is 23.7 Å². The highest BCUT2D eigenvalue weighted by molar-refractivity contribution is 5.83. The molecule has 0 spiro atoms. The third kappa shape index (κ3) is 3.14. The van der Waals surface area contributed by atoms with E-state index < -0.39 is 52.1 Å². The van der Waals surface area contributed by atoms with Crippen LogP contribution in [-0.2, 0) is 42.9 Å². The molecule has 0 aromatic carbocycles. The van der Waals surface area contributed by atoms with Crippen LogP contribution in [0.25, 0.3) is 0 Å². The van der Waals surface area contributed by atoms with E-state index in [0.29, 0.717) is 0 Å². The van der Waals surface area contributed by atoms with E-state index in [2.05, 4.69) is 0 Å². The molecule has 0 amide bonds. The Hall–Kier alpha value is -2.20. The van der Waals surface area contributed by atoms with Crippen LogP contribution < -0.4 is 0 Å². The van der Waals surface area contributed by atoms with E-state index in [-0.39, 0.29) is 0 Å². The molecule has 0 radical (unpaired) electrons. The van der Waals surface area contributed by atoms with Gasteiger partial charge in [0.1, 0.15) is 0 Å². The van der Waals surface area contributed by atoms with E-state index >= 15 is 0 Å². The molecule has 1 aliphatic heterocycles. The van der Waals surface area contributed by atoms with Crippen LogP contribution in [0.5, 0.6) is 0 Å². The van der Waals surface area contributed by atoms with Gasteiger partial charge in [0, 0.05) is 20.8 Å². The van der Waals surface area contributed by atoms with Crippen molar-refractivity contribution in [1.29, 1.82) is 0 Å². The molecular formula is C18H28O10. The van der Waals surface area contributed by atoms with Crippen LogP contribution in [0.1, 0.15) is 55.4 Å². The minimum atomic E-state index is -2.37. The van der Waals surface area contributed by atoms with Gasteiger partial charge in [-0.3, -0.25) is 14.4 Å². The molecular weight excluding hydrogens is 376 g/mol. The van der Waals surface area contributed by atoms with Crippen LogP contribution in [0.3, 0.4) is 0 Å². The molecule has 160 valence electrons. The van der Waals surface area contributed by atoms with Crippen molar-refractivity contribution in [3.05, 3.63) is 0 Å². The van der Waals surface area contributed by atoms with Crippen LogP contribution in [0.4, 0.5) is 0 Å². The smallest absolute Gasteiger partial charge is 0.342 e. The summed E-state index contributed by atoms with van der Waals surface area (Å²) in [5.41, 5.74) is -8.43. The fraction of sp³-hybridized carbons (Fsp3) is 0.778. The lowest BCUT2D eigenvalue weighted by atomic mass is 9.60. The summed E-state index contributed by atoms with van der Waals surface area (Å²) in [5.74, 6) is -5.90. The van der Waals surface area contributed by atoms with E-state index in [1.807, 2.05) is 0 Å². The monoisotopic (exact) mass is 404 g/mol. The topological polar surface area (TPSA) is 135 Å². The van der Waals surface area contributed by atoms with Gasteiger partial charge in [-0.05, 0) is 34.6 Å². The SMILES string of the molecule is COC(=O)[C@]1(C)O[C@](C)(O)[C@](C)(OC(C)=O)[C@](C)(OC(C)=O)[C@]1(C)OC(C)=O. The van der Waals surface area contributed by atoms with Gasteiger partial charge in [0.2, 0.25) is 17.0 Å². The second-order valence-corrected chi connectivity index (χ2v) is 7.49. The maximum absolute atomic E-state index is 12.7. The molecule has 0 saturated carbocycles. The van der Waals surface area contributed by atoms with Crippen molar-refractivity contribution in [2.24, 2.45) is 0 Å². The molecule has 28 heavy (non-hydrogen) atoms. The number of methoxy groups -OCH3 is 1. The molecule has 0 aliphatic carbocycles. The second kappa shape index (κ2) is 7.00. The Morgan fingerprint density at radius 3 is 1.43 bits per heavy atom. The van der Waals surface area contributed by atoms with E-state index in [0.717, 1.165) is 34.8 Å². The molecule has 1 rings (SSSR count). The van der Waals surface area contributed by atoms with Crippen molar-refractivity contribution in [1.82, 2.24) is 0 Å². The summed E-state index contributed by atoms with van der Waals surface area (Å²) in [4.78, 5) is 48.4. The maximum Gasteiger partial charge on any atom is 0.342 e. The zero-order valence-corrected chi connectivity index (χ0v) is 17.6. The first-order valence-corrected chi connectivity index (χ1v) is 8.54. The van der Waals surface area contributed by atoms with Crippen LogP contribution >= 0.6 is 0 Å². The van der Waals surface area contributed by atoms with Gasteiger partial charge in [-0.15, -0.1) is 0 Å². The molecule has 0 aromatic rings. The Kier molecular flexibility index (Phi) is 5.96. The molecule has 1 fully saturated rings. The Labute approximate surface area is 163 Å². The first-order chi connectivity index (χ1) is 12.4. The number of esters is 4. The number of carbonyl (C=O) groups excluding carboxylic acids is 4. The Bertz CT molecular complexity index is 700. The predicted molar refractivity (Wildman–Crippen MR) is 92.6 cm³/mol. The Morgan fingerprint density at radius 1 is 0.714 bits per heavy atom. The van der Waals surface area contributed by atoms with E-state index in [1.54, 1.807) is 0 Å². The highest BCUT2D eigenvalue weighted by atomic mass is 16.7. The summed E-state index contributed by atoms with van der Waals surface area (Å²) in [5, 5.41) is 11.1. The van der Waals surface area contributed by atoms with Gasteiger partial charge in [-0.25, -0.2) is 4.79 Å². The van der Waals surface area contributed by atoms with Crippen molar-refractivity contribution >= 4 is 23.9 Å². The number of hydrogen-bond donors (Lipinski definition) is 1. The summed E-state index contributed by atoms with van der Waals surface area (Å²) in [6.07, 6.45) is 0. The summed E-state index contributed by atoms with van der Waals surface area (Å²) in [6.45, 7) is 9.37. The van der Waals surface area contributed by atoms with Crippen molar-refractivity contribution in [2.75, 3.05) is 7.11 Å². The summed E-state index contributed by atoms with van der Waals surface area (Å²) in [6, 6.07) is 0. The Balaban J connectivity index is 4.02. The van der Waals surface area contributed by atoms with Gasteiger partial charge in [0.25, 0.3) is 0 Å². The van der Waals surface area contributed by atoms with Crippen LogP contribution in [-0.4, -0.2) is 64.3 Å². The standard InChI is InChI=1S/C18H28O10/c1-10(19)25-15(5)14(4,13(22)24-9)28-18(8,23)17(7,27-12(3)21)16(15,6)26-11(2)20/h23H,1-9H3/t14-,15+,16+,17+,18-/m0/s1. The second-order valence-electron chi connectivity index (χ2n) is 7.49. The first-order valence-electron chi connectivity index (χ1n) is 8.54. The van der Waals surface area contributed by atoms with Crippen molar-refractivity contribution < 1.29 is 48.0 Å². The highest BCUT2D eigenvalue weighted by Gasteiger charge is 2.82. The number of rotatable bonds is 4. The summed E-state index contributed by atoms with van der Waals surface area (Å²) >= 11 is 0. The lowest BCUT2D eigenvalue weighted by molar-refractivity contribution is -0.437. The summed E-state index contributed by atoms with van der Waals surface area (Å²) in [7, 11) is 1.07. The molecule has 1 saturated heterocycles. The first kappa shape index (κ1) is 23.8. The minimum absolute atomic E-state index is 0.836. The molecule has 5 atom stereocenters. The minimum Gasteiger partial charge on any atom is -0.467 e. The average Bonchev–Trinajstić information content (AvgIpc) is 2.49. The number of hydrogen-bond acceptors (Lipinski definition) is 10. The average molecular weight is 404 g/mol. The van der Waals surface area contributed by atoms with Crippen LogP contribution in [0, 0.1) is 0 Å². The molecule has 10 heteroatoms. The third-order valence-corrected chi connectivity index (χ3v) is 5.64. The third-order valence-electron chi connectivity index (χ3n) is 5.64. The molecule has 1 heterocycles. The van der Waals surface area contributed by atoms with Gasteiger partial charge in [0.05, 0.1) is 7.11 Å². The molecule has 0 bridgehead atoms. The van der Waals surface area contributed by atoms with Crippen molar-refractivity contribution in [3.63, 3.8) is 0 Å². The molecule has 0 aromatic heterocycles. The number of ether oxygens (including phenoxy) is 5. The lowest BCUT2D eigenvalue weighted by Crippen LogP contribution is -2.87. The normalized spacial score (nSPS) is 40.2.